The van der Waals surface area contributed by atoms with Gasteiger partial charge in [0, 0.05) is 5.56 Å². The third-order valence-electron chi connectivity index (χ3n) is 4.73. The fourth-order valence-corrected chi connectivity index (χ4v) is 3.17. The number of nitrogens with zero attached hydrogens (tertiary/aromatic N) is 2. The average molecular weight is 386 g/mol. The lowest BCUT2D eigenvalue weighted by atomic mass is 10.0. The van der Waals surface area contributed by atoms with Crippen molar-refractivity contribution in [1.82, 2.24) is 0 Å². The zero-order valence-corrected chi connectivity index (χ0v) is 15.9. The van der Waals surface area contributed by atoms with Gasteiger partial charge in [0.15, 0.2) is 0 Å². The minimum atomic E-state index is -0.996. The fourth-order valence-electron chi connectivity index (χ4n) is 3.17. The van der Waals surface area contributed by atoms with E-state index in [2.05, 4.69) is 5.10 Å². The summed E-state index contributed by atoms with van der Waals surface area (Å²) in [6.45, 7) is 3.66. The maximum atomic E-state index is 12.8. The number of hydrogen-bond donors (Lipinski definition) is 1. The number of furan rings is 1. The van der Waals surface area contributed by atoms with Crippen LogP contribution in [-0.2, 0) is 4.79 Å². The van der Waals surface area contributed by atoms with E-state index in [0.717, 1.165) is 5.56 Å². The number of amides is 1. The number of carboxylic acids is 1. The van der Waals surface area contributed by atoms with E-state index in [0.29, 0.717) is 34.1 Å². The molecule has 1 aromatic heterocycles. The number of carbonyl (C=O) groups excluding carboxylic acids is 1. The first kappa shape index (κ1) is 18.4. The standard InChI is InChI=1S/C23H18N2O4/c1-14-8-9-16(23(27)28)12-19(14)21-11-10-18(29-21)13-20-15(2)24-25(22(20)26)17-6-4-3-5-7-17/h3-13H,1-2H3,(H,27,28)/b20-13+. The van der Waals surface area contributed by atoms with Gasteiger partial charge in [-0.1, -0.05) is 24.3 Å². The predicted octanol–water partition coefficient (Wildman–Crippen LogP) is 4.76. The van der Waals surface area contributed by atoms with E-state index in [1.807, 2.05) is 37.3 Å². The zero-order chi connectivity index (χ0) is 20.5. The third-order valence-corrected chi connectivity index (χ3v) is 4.73. The lowest BCUT2D eigenvalue weighted by Crippen LogP contribution is -2.21. The molecule has 2 aromatic carbocycles. The molecular weight excluding hydrogens is 368 g/mol. The van der Waals surface area contributed by atoms with Crippen LogP contribution in [0.4, 0.5) is 5.69 Å². The van der Waals surface area contributed by atoms with Crippen LogP contribution < -0.4 is 5.01 Å². The number of para-hydroxylation sites is 1. The first-order valence-corrected chi connectivity index (χ1v) is 9.05. The molecule has 0 saturated heterocycles. The van der Waals surface area contributed by atoms with Crippen LogP contribution in [-0.4, -0.2) is 22.7 Å². The Morgan fingerprint density at radius 3 is 2.55 bits per heavy atom. The van der Waals surface area contributed by atoms with Gasteiger partial charge in [-0.3, -0.25) is 4.79 Å². The molecule has 1 aliphatic rings. The summed E-state index contributed by atoms with van der Waals surface area (Å²) in [4.78, 5) is 24.1. The van der Waals surface area contributed by atoms with Crippen molar-refractivity contribution in [3.63, 3.8) is 0 Å². The molecule has 1 aliphatic heterocycles. The summed E-state index contributed by atoms with van der Waals surface area (Å²) in [6, 6.07) is 17.6. The van der Waals surface area contributed by atoms with Crippen molar-refractivity contribution in [3.05, 3.63) is 83.1 Å². The molecule has 0 aliphatic carbocycles. The van der Waals surface area contributed by atoms with Crippen LogP contribution in [0.25, 0.3) is 17.4 Å². The molecule has 29 heavy (non-hydrogen) atoms. The third kappa shape index (κ3) is 3.48. The van der Waals surface area contributed by atoms with Crippen molar-refractivity contribution < 1.29 is 19.1 Å². The summed E-state index contributed by atoms with van der Waals surface area (Å²) in [6.07, 6.45) is 1.66. The summed E-state index contributed by atoms with van der Waals surface area (Å²) in [5.41, 5.74) is 3.53. The van der Waals surface area contributed by atoms with Gasteiger partial charge in [0.05, 0.1) is 22.5 Å². The maximum absolute atomic E-state index is 12.8. The Kier molecular flexibility index (Phi) is 4.60. The Hall–Kier alpha value is -3.93. The smallest absolute Gasteiger partial charge is 0.335 e. The van der Waals surface area contributed by atoms with E-state index in [1.165, 1.54) is 5.01 Å². The van der Waals surface area contributed by atoms with Crippen molar-refractivity contribution in [3.8, 4) is 11.3 Å². The highest BCUT2D eigenvalue weighted by molar-refractivity contribution is 6.32. The molecule has 0 spiro atoms. The molecule has 0 bridgehead atoms. The second kappa shape index (κ2) is 7.24. The quantitative estimate of drug-likeness (QED) is 0.656. The van der Waals surface area contributed by atoms with Gasteiger partial charge in [0.25, 0.3) is 5.91 Å². The Bertz CT molecular complexity index is 1170. The van der Waals surface area contributed by atoms with E-state index in [9.17, 15) is 14.7 Å². The van der Waals surface area contributed by atoms with Crippen molar-refractivity contribution in [2.75, 3.05) is 5.01 Å². The van der Waals surface area contributed by atoms with Gasteiger partial charge in [-0.05, 0) is 61.9 Å². The van der Waals surface area contributed by atoms with Gasteiger partial charge in [-0.2, -0.15) is 10.1 Å². The van der Waals surface area contributed by atoms with Crippen LogP contribution in [0.1, 0.15) is 28.6 Å². The van der Waals surface area contributed by atoms with Crippen LogP contribution >= 0.6 is 0 Å². The van der Waals surface area contributed by atoms with E-state index < -0.39 is 5.97 Å². The molecular formula is C23H18N2O4. The van der Waals surface area contributed by atoms with Crippen molar-refractivity contribution >= 4 is 29.4 Å². The second-order valence-electron chi connectivity index (χ2n) is 6.73. The molecule has 6 heteroatoms. The van der Waals surface area contributed by atoms with Gasteiger partial charge in [-0.15, -0.1) is 0 Å². The summed E-state index contributed by atoms with van der Waals surface area (Å²) < 4.78 is 5.89. The fraction of sp³-hybridized carbons (Fsp3) is 0.0870. The molecule has 0 fully saturated rings. The topological polar surface area (TPSA) is 83.1 Å². The number of aryl methyl sites for hydroxylation is 1. The minimum Gasteiger partial charge on any atom is -0.478 e. The Morgan fingerprint density at radius 2 is 1.83 bits per heavy atom. The Labute approximate surface area is 167 Å². The normalized spacial score (nSPS) is 15.1. The summed E-state index contributed by atoms with van der Waals surface area (Å²) in [7, 11) is 0. The van der Waals surface area contributed by atoms with Crippen LogP contribution in [0.3, 0.4) is 0 Å². The highest BCUT2D eigenvalue weighted by Crippen LogP contribution is 2.29. The number of carbonyl (C=O) groups is 2. The Balaban J connectivity index is 1.65. The highest BCUT2D eigenvalue weighted by atomic mass is 16.4. The molecule has 0 atom stereocenters. The largest absolute Gasteiger partial charge is 0.478 e. The molecule has 0 saturated carbocycles. The van der Waals surface area contributed by atoms with Crippen molar-refractivity contribution in [2.45, 2.75) is 13.8 Å². The lowest BCUT2D eigenvalue weighted by molar-refractivity contribution is -0.114. The van der Waals surface area contributed by atoms with Crippen LogP contribution in [0, 0.1) is 6.92 Å². The maximum Gasteiger partial charge on any atom is 0.335 e. The molecule has 6 nitrogen and oxygen atoms in total. The highest BCUT2D eigenvalue weighted by Gasteiger charge is 2.29. The number of carboxylic acid groups (broad SMARTS) is 1. The predicted molar refractivity (Wildman–Crippen MR) is 111 cm³/mol. The molecule has 144 valence electrons. The van der Waals surface area contributed by atoms with E-state index in [1.54, 1.807) is 43.3 Å². The average Bonchev–Trinajstić information content (AvgIpc) is 3.29. The van der Waals surface area contributed by atoms with Crippen molar-refractivity contribution in [1.29, 1.82) is 0 Å². The number of benzene rings is 2. The van der Waals surface area contributed by atoms with Crippen LogP contribution in [0.5, 0.6) is 0 Å². The van der Waals surface area contributed by atoms with E-state index in [-0.39, 0.29) is 11.5 Å². The van der Waals surface area contributed by atoms with E-state index >= 15 is 0 Å². The van der Waals surface area contributed by atoms with Gasteiger partial charge in [0.2, 0.25) is 0 Å². The molecule has 4 rings (SSSR count). The van der Waals surface area contributed by atoms with Crippen molar-refractivity contribution in [2.24, 2.45) is 5.10 Å². The molecule has 1 N–H and O–H groups in total. The number of hydrazone groups is 1. The molecule has 0 unspecified atom stereocenters. The first-order chi connectivity index (χ1) is 13.9. The zero-order valence-electron chi connectivity index (χ0n) is 15.9. The molecule has 3 aromatic rings. The summed E-state index contributed by atoms with van der Waals surface area (Å²) >= 11 is 0. The number of rotatable bonds is 4. The van der Waals surface area contributed by atoms with Gasteiger partial charge in [-0.25, -0.2) is 4.79 Å². The number of anilines is 1. The van der Waals surface area contributed by atoms with E-state index in [4.69, 9.17) is 4.42 Å². The Morgan fingerprint density at radius 1 is 1.07 bits per heavy atom. The minimum absolute atomic E-state index is 0.189. The second-order valence-corrected chi connectivity index (χ2v) is 6.73. The first-order valence-electron chi connectivity index (χ1n) is 9.05. The monoisotopic (exact) mass is 386 g/mol. The van der Waals surface area contributed by atoms with Gasteiger partial charge in [0.1, 0.15) is 11.5 Å². The molecule has 0 radical (unpaired) electrons. The molecule has 2 heterocycles. The van der Waals surface area contributed by atoms with Crippen LogP contribution in [0.15, 0.2) is 75.8 Å². The van der Waals surface area contributed by atoms with Crippen LogP contribution in [0.2, 0.25) is 0 Å². The lowest BCUT2D eigenvalue weighted by Gasteiger charge is -2.10. The SMILES string of the molecule is CC1=NN(c2ccccc2)C(=O)/C1=C/c1ccc(-c2cc(C(=O)O)ccc2C)o1. The summed E-state index contributed by atoms with van der Waals surface area (Å²) in [5.74, 6) is -0.189. The number of aromatic carboxylic acids is 1. The number of hydrogen-bond acceptors (Lipinski definition) is 4. The van der Waals surface area contributed by atoms with Gasteiger partial charge >= 0.3 is 5.97 Å². The van der Waals surface area contributed by atoms with Gasteiger partial charge < -0.3 is 9.52 Å². The summed E-state index contributed by atoms with van der Waals surface area (Å²) in [5, 5.41) is 14.9. The molecule has 1 amide bonds.